The van der Waals surface area contributed by atoms with E-state index >= 15 is 0 Å². The lowest BCUT2D eigenvalue weighted by molar-refractivity contribution is 0.465. The Morgan fingerprint density at radius 3 is 2.26 bits per heavy atom. The third kappa shape index (κ3) is 3.48. The smallest absolute Gasteiger partial charge is 0.137 e. The van der Waals surface area contributed by atoms with Gasteiger partial charge in [0.1, 0.15) is 10.9 Å². The molecule has 0 bridgehead atoms. The standard InChI is InChI=1S/C16H18ClNO/c1-16(2,3)12-6-4-11(5-7-12)10-13-14(19)8-9-15(17)18-13/h4-9,19H,10H2,1-3H3. The summed E-state index contributed by atoms with van der Waals surface area (Å²) in [4.78, 5) is 4.15. The maximum atomic E-state index is 9.76. The molecule has 1 heterocycles. The first kappa shape index (κ1) is 13.9. The molecule has 1 aromatic carbocycles. The highest BCUT2D eigenvalue weighted by Crippen LogP contribution is 2.24. The Morgan fingerprint density at radius 2 is 1.68 bits per heavy atom. The van der Waals surface area contributed by atoms with Crippen LogP contribution in [0.25, 0.3) is 0 Å². The quantitative estimate of drug-likeness (QED) is 0.828. The lowest BCUT2D eigenvalue weighted by Crippen LogP contribution is -2.10. The monoisotopic (exact) mass is 275 g/mol. The summed E-state index contributed by atoms with van der Waals surface area (Å²) < 4.78 is 0. The van der Waals surface area contributed by atoms with Gasteiger partial charge in [0.2, 0.25) is 0 Å². The molecule has 100 valence electrons. The van der Waals surface area contributed by atoms with E-state index in [0.717, 1.165) is 5.56 Å². The van der Waals surface area contributed by atoms with Gasteiger partial charge in [-0.2, -0.15) is 0 Å². The van der Waals surface area contributed by atoms with Crippen LogP contribution in [0.5, 0.6) is 5.75 Å². The van der Waals surface area contributed by atoms with Gasteiger partial charge in [0, 0.05) is 6.42 Å². The van der Waals surface area contributed by atoms with Gasteiger partial charge in [-0.3, -0.25) is 0 Å². The number of aromatic hydroxyl groups is 1. The van der Waals surface area contributed by atoms with Crippen LogP contribution in [0.2, 0.25) is 5.15 Å². The first-order chi connectivity index (χ1) is 8.86. The van der Waals surface area contributed by atoms with Gasteiger partial charge in [0.05, 0.1) is 5.69 Å². The number of rotatable bonds is 2. The van der Waals surface area contributed by atoms with Gasteiger partial charge in [0.15, 0.2) is 0 Å². The van der Waals surface area contributed by atoms with Crippen molar-refractivity contribution in [1.29, 1.82) is 0 Å². The van der Waals surface area contributed by atoms with Crippen molar-refractivity contribution in [3.8, 4) is 5.75 Å². The van der Waals surface area contributed by atoms with E-state index in [1.165, 1.54) is 5.56 Å². The maximum absolute atomic E-state index is 9.76. The molecule has 0 aliphatic heterocycles. The van der Waals surface area contributed by atoms with Crippen LogP contribution in [-0.2, 0) is 11.8 Å². The fourth-order valence-corrected chi connectivity index (χ4v) is 2.08. The summed E-state index contributed by atoms with van der Waals surface area (Å²) in [5, 5.41) is 10.2. The number of pyridine rings is 1. The molecule has 0 amide bonds. The Bertz CT molecular complexity index is 570. The second-order valence-electron chi connectivity index (χ2n) is 5.72. The van der Waals surface area contributed by atoms with Crippen LogP contribution >= 0.6 is 11.6 Å². The van der Waals surface area contributed by atoms with Gasteiger partial charge < -0.3 is 5.11 Å². The van der Waals surface area contributed by atoms with E-state index in [9.17, 15) is 5.11 Å². The minimum atomic E-state index is 0.148. The molecule has 0 saturated heterocycles. The summed E-state index contributed by atoms with van der Waals surface area (Å²) in [6.45, 7) is 6.56. The highest BCUT2D eigenvalue weighted by molar-refractivity contribution is 6.29. The SMILES string of the molecule is CC(C)(C)c1ccc(Cc2nc(Cl)ccc2O)cc1. The predicted molar refractivity (Wildman–Crippen MR) is 78.9 cm³/mol. The van der Waals surface area contributed by atoms with Crippen molar-refractivity contribution in [2.75, 3.05) is 0 Å². The average Bonchev–Trinajstić information content (AvgIpc) is 2.33. The zero-order chi connectivity index (χ0) is 14.0. The molecule has 0 spiro atoms. The molecule has 0 aliphatic carbocycles. The summed E-state index contributed by atoms with van der Waals surface area (Å²) >= 11 is 5.85. The summed E-state index contributed by atoms with van der Waals surface area (Å²) in [5.41, 5.74) is 3.16. The molecule has 0 atom stereocenters. The zero-order valence-corrected chi connectivity index (χ0v) is 12.2. The molecule has 2 nitrogen and oxygen atoms in total. The second-order valence-corrected chi connectivity index (χ2v) is 6.11. The number of nitrogens with zero attached hydrogens (tertiary/aromatic N) is 1. The molecule has 1 N–H and O–H groups in total. The molecule has 19 heavy (non-hydrogen) atoms. The van der Waals surface area contributed by atoms with E-state index in [2.05, 4.69) is 50.0 Å². The van der Waals surface area contributed by atoms with E-state index < -0.39 is 0 Å². The normalized spacial score (nSPS) is 11.6. The Morgan fingerprint density at radius 1 is 1.05 bits per heavy atom. The van der Waals surface area contributed by atoms with Crippen LogP contribution in [0.15, 0.2) is 36.4 Å². The predicted octanol–water partition coefficient (Wildman–Crippen LogP) is 4.33. The molecule has 3 heteroatoms. The highest BCUT2D eigenvalue weighted by atomic mass is 35.5. The molecular weight excluding hydrogens is 258 g/mol. The van der Waals surface area contributed by atoms with Gasteiger partial charge in [-0.15, -0.1) is 0 Å². The van der Waals surface area contributed by atoms with Crippen LogP contribution in [0.3, 0.4) is 0 Å². The van der Waals surface area contributed by atoms with Gasteiger partial charge in [0.25, 0.3) is 0 Å². The largest absolute Gasteiger partial charge is 0.506 e. The number of aromatic nitrogens is 1. The maximum Gasteiger partial charge on any atom is 0.137 e. The van der Waals surface area contributed by atoms with Crippen LogP contribution in [-0.4, -0.2) is 10.1 Å². The second kappa shape index (κ2) is 5.22. The van der Waals surface area contributed by atoms with Crippen molar-refractivity contribution in [1.82, 2.24) is 4.98 Å². The first-order valence-corrected chi connectivity index (χ1v) is 6.68. The molecule has 2 aromatic rings. The van der Waals surface area contributed by atoms with Crippen molar-refractivity contribution >= 4 is 11.6 Å². The number of hydrogen-bond acceptors (Lipinski definition) is 2. The van der Waals surface area contributed by atoms with Crippen LogP contribution < -0.4 is 0 Å². The Hall–Kier alpha value is -1.54. The van der Waals surface area contributed by atoms with Crippen molar-refractivity contribution in [2.45, 2.75) is 32.6 Å². The first-order valence-electron chi connectivity index (χ1n) is 6.30. The third-order valence-corrected chi connectivity index (χ3v) is 3.32. The van der Waals surface area contributed by atoms with E-state index in [1.54, 1.807) is 12.1 Å². The van der Waals surface area contributed by atoms with Crippen LogP contribution in [0, 0.1) is 0 Å². The summed E-state index contributed by atoms with van der Waals surface area (Å²) in [6, 6.07) is 11.6. The van der Waals surface area contributed by atoms with Crippen LogP contribution in [0.1, 0.15) is 37.6 Å². The van der Waals surface area contributed by atoms with Crippen molar-refractivity contribution in [2.24, 2.45) is 0 Å². The summed E-state index contributed by atoms with van der Waals surface area (Å²) in [6.07, 6.45) is 0.580. The van der Waals surface area contributed by atoms with Crippen molar-refractivity contribution in [3.63, 3.8) is 0 Å². The highest BCUT2D eigenvalue weighted by Gasteiger charge is 2.13. The lowest BCUT2D eigenvalue weighted by atomic mass is 9.86. The molecule has 0 saturated carbocycles. The summed E-state index contributed by atoms with van der Waals surface area (Å²) in [7, 11) is 0. The van der Waals surface area contributed by atoms with E-state index in [1.807, 2.05) is 0 Å². The van der Waals surface area contributed by atoms with Gasteiger partial charge >= 0.3 is 0 Å². The molecule has 0 radical (unpaired) electrons. The molecule has 2 rings (SSSR count). The number of halogens is 1. The lowest BCUT2D eigenvalue weighted by Gasteiger charge is -2.19. The minimum Gasteiger partial charge on any atom is -0.506 e. The van der Waals surface area contributed by atoms with Crippen LogP contribution in [0.4, 0.5) is 0 Å². The third-order valence-electron chi connectivity index (χ3n) is 3.11. The van der Waals surface area contributed by atoms with Crippen molar-refractivity contribution in [3.05, 3.63) is 58.4 Å². The molecule has 0 fully saturated rings. The molecule has 0 aliphatic rings. The van der Waals surface area contributed by atoms with E-state index in [4.69, 9.17) is 11.6 Å². The Labute approximate surface area is 119 Å². The Kier molecular flexibility index (Phi) is 3.81. The van der Waals surface area contributed by atoms with Gasteiger partial charge in [-0.1, -0.05) is 56.6 Å². The average molecular weight is 276 g/mol. The van der Waals surface area contributed by atoms with Gasteiger partial charge in [-0.05, 0) is 28.7 Å². The summed E-state index contributed by atoms with van der Waals surface area (Å²) in [5.74, 6) is 0.185. The Balaban J connectivity index is 2.22. The fourth-order valence-electron chi connectivity index (χ4n) is 1.91. The number of hydrogen-bond donors (Lipinski definition) is 1. The van der Waals surface area contributed by atoms with E-state index in [-0.39, 0.29) is 11.2 Å². The molecular formula is C16H18ClNO. The van der Waals surface area contributed by atoms with Gasteiger partial charge in [-0.25, -0.2) is 4.98 Å². The topological polar surface area (TPSA) is 33.1 Å². The van der Waals surface area contributed by atoms with Crippen molar-refractivity contribution < 1.29 is 5.11 Å². The van der Waals surface area contributed by atoms with E-state index in [0.29, 0.717) is 17.3 Å². The number of benzene rings is 1. The molecule has 0 unspecified atom stereocenters. The zero-order valence-electron chi connectivity index (χ0n) is 11.4. The minimum absolute atomic E-state index is 0.148. The molecule has 1 aromatic heterocycles. The fraction of sp³-hybridized carbons (Fsp3) is 0.312.